The van der Waals surface area contributed by atoms with E-state index in [0.717, 1.165) is 42.5 Å². The number of amides is 1. The zero-order valence-corrected chi connectivity index (χ0v) is 18.0. The van der Waals surface area contributed by atoms with Crippen LogP contribution in [0.15, 0.2) is 66.0 Å². The molecule has 0 aliphatic rings. The largest absolute Gasteiger partial charge is 0.501 e. The Bertz CT molecular complexity index is 1340. The van der Waals surface area contributed by atoms with Gasteiger partial charge in [0.25, 0.3) is 9.84 Å². The lowest BCUT2D eigenvalue weighted by molar-refractivity contribution is -0.137. The maximum Gasteiger partial charge on any atom is 0.501 e. The number of sulfone groups is 1. The van der Waals surface area contributed by atoms with Crippen LogP contribution in [0.3, 0.4) is 0 Å². The lowest BCUT2D eigenvalue weighted by Gasteiger charge is -2.15. The molecule has 180 valence electrons. The SMILES string of the molecule is Cc1cn(-c2ccc(NC(=O)/C=C/c3ccc(S(=O)(=O)C(F)(F)F)cc3)cc2C(F)(F)F)cn1. The van der Waals surface area contributed by atoms with Gasteiger partial charge in [-0.3, -0.25) is 4.79 Å². The molecule has 0 aliphatic heterocycles. The van der Waals surface area contributed by atoms with Crippen molar-refractivity contribution in [1.29, 1.82) is 0 Å². The third-order valence-corrected chi connectivity index (χ3v) is 5.98. The maximum absolute atomic E-state index is 13.5. The molecule has 13 heteroatoms. The number of carbonyl (C=O) groups excluding carboxylic acids is 1. The van der Waals surface area contributed by atoms with Crippen LogP contribution in [-0.2, 0) is 20.8 Å². The van der Waals surface area contributed by atoms with E-state index in [9.17, 15) is 39.6 Å². The fourth-order valence-electron chi connectivity index (χ4n) is 2.87. The highest BCUT2D eigenvalue weighted by Gasteiger charge is 2.46. The second-order valence-electron chi connectivity index (χ2n) is 6.99. The van der Waals surface area contributed by atoms with Crippen molar-refractivity contribution in [2.45, 2.75) is 23.5 Å². The lowest BCUT2D eigenvalue weighted by atomic mass is 10.1. The van der Waals surface area contributed by atoms with E-state index in [1.54, 1.807) is 6.92 Å². The van der Waals surface area contributed by atoms with E-state index in [0.29, 0.717) is 5.69 Å². The molecule has 0 unspecified atom stereocenters. The van der Waals surface area contributed by atoms with Gasteiger partial charge < -0.3 is 9.88 Å². The van der Waals surface area contributed by atoms with Crippen molar-refractivity contribution in [2.24, 2.45) is 0 Å². The molecule has 0 saturated heterocycles. The summed E-state index contributed by atoms with van der Waals surface area (Å²) in [5.74, 6) is -0.814. The van der Waals surface area contributed by atoms with Gasteiger partial charge in [0.05, 0.1) is 28.2 Å². The Morgan fingerprint density at radius 1 is 1.03 bits per heavy atom. The molecule has 0 atom stereocenters. The highest BCUT2D eigenvalue weighted by atomic mass is 32.2. The van der Waals surface area contributed by atoms with Crippen LogP contribution in [0, 0.1) is 6.92 Å². The van der Waals surface area contributed by atoms with Gasteiger partial charge in [-0.1, -0.05) is 12.1 Å². The van der Waals surface area contributed by atoms with Gasteiger partial charge in [-0.25, -0.2) is 13.4 Å². The minimum atomic E-state index is -5.50. The first-order valence-corrected chi connectivity index (χ1v) is 10.8. The summed E-state index contributed by atoms with van der Waals surface area (Å²) in [5.41, 5.74) is -6.08. The van der Waals surface area contributed by atoms with Crippen molar-refractivity contribution in [3.05, 3.63) is 77.9 Å². The van der Waals surface area contributed by atoms with Crippen molar-refractivity contribution in [3.63, 3.8) is 0 Å². The first-order chi connectivity index (χ1) is 15.7. The first kappa shape index (κ1) is 25.0. The predicted molar refractivity (Wildman–Crippen MR) is 111 cm³/mol. The van der Waals surface area contributed by atoms with E-state index in [1.165, 1.54) is 29.2 Å². The molecule has 3 aromatic rings. The summed E-state index contributed by atoms with van der Waals surface area (Å²) in [6, 6.07) is 6.75. The average molecular weight is 503 g/mol. The van der Waals surface area contributed by atoms with Crippen LogP contribution in [0.2, 0.25) is 0 Å². The Hall–Kier alpha value is -3.61. The van der Waals surface area contributed by atoms with Crippen molar-refractivity contribution in [1.82, 2.24) is 9.55 Å². The number of carbonyl (C=O) groups is 1. The molecule has 1 aromatic heterocycles. The molecule has 34 heavy (non-hydrogen) atoms. The molecule has 0 saturated carbocycles. The molecule has 0 bridgehead atoms. The second-order valence-corrected chi connectivity index (χ2v) is 8.93. The molecular formula is C21H15F6N3O3S. The quantitative estimate of drug-likeness (QED) is 0.386. The van der Waals surface area contributed by atoms with Crippen LogP contribution in [0.25, 0.3) is 11.8 Å². The molecule has 6 nitrogen and oxygen atoms in total. The fourth-order valence-corrected chi connectivity index (χ4v) is 3.63. The highest BCUT2D eigenvalue weighted by molar-refractivity contribution is 7.92. The average Bonchev–Trinajstić information content (AvgIpc) is 3.17. The lowest BCUT2D eigenvalue weighted by Crippen LogP contribution is -2.23. The Kier molecular flexibility index (Phi) is 6.60. The van der Waals surface area contributed by atoms with Gasteiger partial charge in [0.1, 0.15) is 0 Å². The van der Waals surface area contributed by atoms with Crippen LogP contribution in [0.4, 0.5) is 32.0 Å². The molecule has 0 radical (unpaired) electrons. The third kappa shape index (κ3) is 5.47. The number of anilines is 1. The Balaban J connectivity index is 1.77. The summed E-state index contributed by atoms with van der Waals surface area (Å²) in [7, 11) is -5.50. The smallest absolute Gasteiger partial charge is 0.322 e. The molecule has 1 amide bonds. The zero-order chi connectivity index (χ0) is 25.3. The van der Waals surface area contributed by atoms with Crippen LogP contribution in [-0.4, -0.2) is 29.4 Å². The minimum Gasteiger partial charge on any atom is -0.322 e. The van der Waals surface area contributed by atoms with Crippen LogP contribution in [0.5, 0.6) is 0 Å². The number of nitrogens with one attached hydrogen (secondary N) is 1. The molecule has 0 aliphatic carbocycles. The van der Waals surface area contributed by atoms with Gasteiger partial charge in [-0.15, -0.1) is 0 Å². The van der Waals surface area contributed by atoms with Gasteiger partial charge in [0, 0.05) is 18.0 Å². The van der Waals surface area contributed by atoms with Gasteiger partial charge in [-0.2, -0.15) is 26.3 Å². The van der Waals surface area contributed by atoms with Crippen molar-refractivity contribution >= 4 is 27.5 Å². The summed E-state index contributed by atoms with van der Waals surface area (Å²) in [5, 5.41) is 2.27. The number of rotatable bonds is 5. The number of halogens is 6. The number of benzene rings is 2. The number of imidazole rings is 1. The van der Waals surface area contributed by atoms with E-state index in [2.05, 4.69) is 10.3 Å². The van der Waals surface area contributed by atoms with Crippen LogP contribution < -0.4 is 5.32 Å². The first-order valence-electron chi connectivity index (χ1n) is 9.31. The molecule has 2 aromatic carbocycles. The van der Waals surface area contributed by atoms with Crippen molar-refractivity contribution in [2.75, 3.05) is 5.32 Å². The summed E-state index contributed by atoms with van der Waals surface area (Å²) < 4.78 is 102. The number of hydrogen-bond donors (Lipinski definition) is 1. The Labute approximate surface area is 189 Å². The number of aromatic nitrogens is 2. The molecule has 0 spiro atoms. The van der Waals surface area contributed by atoms with Gasteiger partial charge in [0.2, 0.25) is 5.91 Å². The zero-order valence-electron chi connectivity index (χ0n) is 17.1. The number of aryl methyl sites for hydroxylation is 1. The van der Waals surface area contributed by atoms with Crippen LogP contribution >= 0.6 is 0 Å². The number of alkyl halides is 6. The highest BCUT2D eigenvalue weighted by Crippen LogP contribution is 2.36. The van der Waals surface area contributed by atoms with Gasteiger partial charge >= 0.3 is 11.7 Å². The number of nitrogens with zero attached hydrogens (tertiary/aromatic N) is 2. The summed E-state index contributed by atoms with van der Waals surface area (Å²) in [6.45, 7) is 1.62. The van der Waals surface area contributed by atoms with E-state index in [-0.39, 0.29) is 16.9 Å². The second kappa shape index (κ2) is 8.97. The van der Waals surface area contributed by atoms with E-state index >= 15 is 0 Å². The molecular weight excluding hydrogens is 488 g/mol. The Morgan fingerprint density at radius 3 is 2.21 bits per heavy atom. The van der Waals surface area contributed by atoms with Gasteiger partial charge in [-0.05, 0) is 48.9 Å². The topological polar surface area (TPSA) is 81.1 Å². The third-order valence-electron chi connectivity index (χ3n) is 4.48. The van der Waals surface area contributed by atoms with E-state index < -0.39 is 37.9 Å². The maximum atomic E-state index is 13.5. The summed E-state index contributed by atoms with van der Waals surface area (Å²) in [6.07, 6.45) is 0.0196. The standard InChI is InChI=1S/C21H15F6N3O3S/c1-13-11-30(12-28-13)18-8-5-15(10-17(18)20(22,23)24)29-19(31)9-4-14-2-6-16(7-3-14)34(32,33)21(25,26)27/h2-12H,1H3,(H,29,31)/b9-4+. The molecule has 1 heterocycles. The normalized spacial score (nSPS) is 12.8. The predicted octanol–water partition coefficient (Wildman–Crippen LogP) is 5.14. The minimum absolute atomic E-state index is 0.144. The van der Waals surface area contributed by atoms with E-state index in [4.69, 9.17) is 0 Å². The van der Waals surface area contributed by atoms with E-state index in [1.807, 2.05) is 0 Å². The monoisotopic (exact) mass is 503 g/mol. The summed E-state index contributed by atoms with van der Waals surface area (Å²) in [4.78, 5) is 15.1. The molecule has 3 rings (SSSR count). The number of hydrogen-bond acceptors (Lipinski definition) is 4. The molecule has 0 fully saturated rings. The molecule has 1 N–H and O–H groups in total. The van der Waals surface area contributed by atoms with Crippen molar-refractivity contribution < 1.29 is 39.6 Å². The van der Waals surface area contributed by atoms with Crippen LogP contribution in [0.1, 0.15) is 16.8 Å². The van der Waals surface area contributed by atoms with Crippen molar-refractivity contribution in [3.8, 4) is 5.69 Å². The fraction of sp³-hybridized carbons (Fsp3) is 0.143. The summed E-state index contributed by atoms with van der Waals surface area (Å²) >= 11 is 0. The van der Waals surface area contributed by atoms with Gasteiger partial charge in [0.15, 0.2) is 0 Å². The Morgan fingerprint density at radius 2 is 1.68 bits per heavy atom.